The second kappa shape index (κ2) is 10.8. The Bertz CT molecular complexity index is 3140. The first-order chi connectivity index (χ1) is 25.3. The summed E-state index contributed by atoms with van der Waals surface area (Å²) in [5.74, 6) is 0. The van der Waals surface area contributed by atoms with E-state index in [0.29, 0.717) is 0 Å². The van der Waals surface area contributed by atoms with Crippen LogP contribution in [0.1, 0.15) is 0 Å². The van der Waals surface area contributed by atoms with Gasteiger partial charge in [-0.15, -0.1) is 0 Å². The SMILES string of the molecule is c1ccc(-c2cccc(-n3c4ccccc4c4cc(-c5ccc6c(c5)c5ccccc5n6-c5cccc6c5oc5ccccc56)ccc43)c2)cc1. The number of nitrogens with zero attached hydrogens (tertiary/aromatic N) is 2. The lowest BCUT2D eigenvalue weighted by molar-refractivity contribution is 0.666. The van der Waals surface area contributed by atoms with Crippen molar-refractivity contribution in [2.45, 2.75) is 0 Å². The fourth-order valence-electron chi connectivity index (χ4n) is 8.21. The molecule has 3 nitrogen and oxygen atoms in total. The molecular weight excluding hydrogens is 621 g/mol. The molecular formula is C48H30N2O. The van der Waals surface area contributed by atoms with Gasteiger partial charge in [0.25, 0.3) is 0 Å². The lowest BCUT2D eigenvalue weighted by Gasteiger charge is -2.11. The maximum atomic E-state index is 6.51. The van der Waals surface area contributed by atoms with Crippen LogP contribution in [0.2, 0.25) is 0 Å². The van der Waals surface area contributed by atoms with Crippen molar-refractivity contribution >= 4 is 65.6 Å². The molecule has 3 aromatic heterocycles. The molecule has 238 valence electrons. The summed E-state index contributed by atoms with van der Waals surface area (Å²) in [5, 5.41) is 7.20. The molecule has 0 spiro atoms. The Morgan fingerprint density at radius 2 is 0.843 bits per heavy atom. The lowest BCUT2D eigenvalue weighted by Crippen LogP contribution is -1.94. The van der Waals surface area contributed by atoms with Gasteiger partial charge in [0, 0.05) is 38.0 Å². The van der Waals surface area contributed by atoms with Crippen LogP contribution in [0.4, 0.5) is 0 Å². The van der Waals surface area contributed by atoms with Crippen molar-refractivity contribution in [3.05, 3.63) is 182 Å². The quantitative estimate of drug-likeness (QED) is 0.186. The molecule has 0 bridgehead atoms. The highest BCUT2D eigenvalue weighted by atomic mass is 16.3. The highest BCUT2D eigenvalue weighted by molar-refractivity contribution is 6.14. The highest BCUT2D eigenvalue weighted by Crippen LogP contribution is 2.40. The van der Waals surface area contributed by atoms with Gasteiger partial charge in [-0.2, -0.15) is 0 Å². The predicted molar refractivity (Wildman–Crippen MR) is 213 cm³/mol. The van der Waals surface area contributed by atoms with Gasteiger partial charge in [0.05, 0.1) is 27.8 Å². The van der Waals surface area contributed by atoms with Gasteiger partial charge in [-0.05, 0) is 82.9 Å². The molecule has 0 unspecified atom stereocenters. The zero-order valence-electron chi connectivity index (χ0n) is 27.6. The number of rotatable bonds is 4. The van der Waals surface area contributed by atoms with Crippen LogP contribution >= 0.6 is 0 Å². The second-order valence-electron chi connectivity index (χ2n) is 13.3. The number of furan rings is 1. The molecule has 0 fully saturated rings. The average molecular weight is 651 g/mol. The number of para-hydroxylation sites is 4. The van der Waals surface area contributed by atoms with Crippen LogP contribution in [-0.4, -0.2) is 9.13 Å². The molecule has 0 amide bonds. The topological polar surface area (TPSA) is 23.0 Å². The third-order valence-corrected chi connectivity index (χ3v) is 10.5. The summed E-state index contributed by atoms with van der Waals surface area (Å²) in [6.07, 6.45) is 0. The maximum absolute atomic E-state index is 6.51. The van der Waals surface area contributed by atoms with E-state index in [-0.39, 0.29) is 0 Å². The van der Waals surface area contributed by atoms with E-state index in [4.69, 9.17) is 4.42 Å². The number of benzene rings is 8. The fraction of sp³-hybridized carbons (Fsp3) is 0. The van der Waals surface area contributed by atoms with Gasteiger partial charge in [0.2, 0.25) is 0 Å². The average Bonchev–Trinajstić information content (AvgIpc) is 3.86. The lowest BCUT2D eigenvalue weighted by atomic mass is 10.0. The van der Waals surface area contributed by atoms with Crippen molar-refractivity contribution in [1.82, 2.24) is 9.13 Å². The summed E-state index contributed by atoms with van der Waals surface area (Å²) in [6.45, 7) is 0. The van der Waals surface area contributed by atoms with Crippen LogP contribution < -0.4 is 0 Å². The molecule has 0 saturated carbocycles. The van der Waals surface area contributed by atoms with E-state index in [1.54, 1.807) is 0 Å². The predicted octanol–water partition coefficient (Wildman–Crippen LogP) is 13.1. The molecule has 0 N–H and O–H groups in total. The standard InChI is InChI=1S/C48H30N2O/c1-2-12-31(13-3-1)32-14-10-15-35(28-32)49-42-20-7-4-16-36(42)40-29-33(24-26-44(40)49)34-25-27-45-41(30-34)37-17-5-8-21-43(37)50(45)46-22-11-19-39-38-18-6-9-23-47(38)51-48(39)46/h1-30H. The van der Waals surface area contributed by atoms with Gasteiger partial charge in [-0.25, -0.2) is 0 Å². The summed E-state index contributed by atoms with van der Waals surface area (Å²) < 4.78 is 11.3. The Morgan fingerprint density at radius 3 is 1.59 bits per heavy atom. The molecule has 51 heavy (non-hydrogen) atoms. The molecule has 8 aromatic carbocycles. The molecule has 0 aliphatic rings. The fourth-order valence-corrected chi connectivity index (χ4v) is 8.21. The van der Waals surface area contributed by atoms with E-state index in [1.807, 2.05) is 12.1 Å². The summed E-state index contributed by atoms with van der Waals surface area (Å²) in [7, 11) is 0. The summed E-state index contributed by atoms with van der Waals surface area (Å²) in [5.41, 5.74) is 13.5. The van der Waals surface area contributed by atoms with Crippen LogP contribution in [0.15, 0.2) is 186 Å². The van der Waals surface area contributed by atoms with E-state index in [2.05, 4.69) is 179 Å². The maximum Gasteiger partial charge on any atom is 0.159 e. The third-order valence-electron chi connectivity index (χ3n) is 10.5. The molecule has 0 atom stereocenters. The molecule has 11 rings (SSSR count). The van der Waals surface area contributed by atoms with Crippen molar-refractivity contribution < 1.29 is 4.42 Å². The van der Waals surface area contributed by atoms with Gasteiger partial charge in [-0.3, -0.25) is 0 Å². The van der Waals surface area contributed by atoms with E-state index in [0.717, 1.165) is 44.3 Å². The largest absolute Gasteiger partial charge is 0.454 e. The van der Waals surface area contributed by atoms with Gasteiger partial charge in [-0.1, -0.05) is 121 Å². The zero-order chi connectivity index (χ0) is 33.5. The van der Waals surface area contributed by atoms with Crippen LogP contribution in [0.25, 0.3) is 99.2 Å². The minimum absolute atomic E-state index is 0.904. The number of hydrogen-bond acceptors (Lipinski definition) is 1. The molecule has 0 radical (unpaired) electrons. The first-order valence-corrected chi connectivity index (χ1v) is 17.4. The van der Waals surface area contributed by atoms with Gasteiger partial charge in [0.15, 0.2) is 5.58 Å². The Balaban J connectivity index is 1.09. The number of fused-ring (bicyclic) bond motifs is 9. The van der Waals surface area contributed by atoms with Crippen LogP contribution in [0, 0.1) is 0 Å². The van der Waals surface area contributed by atoms with Crippen molar-refractivity contribution in [1.29, 1.82) is 0 Å². The van der Waals surface area contributed by atoms with Crippen molar-refractivity contribution in [2.24, 2.45) is 0 Å². The van der Waals surface area contributed by atoms with E-state index < -0.39 is 0 Å². The molecule has 0 aliphatic carbocycles. The first kappa shape index (κ1) is 28.0. The van der Waals surface area contributed by atoms with E-state index in [1.165, 1.54) is 54.8 Å². The van der Waals surface area contributed by atoms with Crippen molar-refractivity contribution in [3.63, 3.8) is 0 Å². The van der Waals surface area contributed by atoms with E-state index >= 15 is 0 Å². The zero-order valence-corrected chi connectivity index (χ0v) is 27.6. The summed E-state index contributed by atoms with van der Waals surface area (Å²) >= 11 is 0. The molecule has 3 heterocycles. The van der Waals surface area contributed by atoms with E-state index in [9.17, 15) is 0 Å². The molecule has 0 aliphatic heterocycles. The smallest absolute Gasteiger partial charge is 0.159 e. The van der Waals surface area contributed by atoms with Crippen molar-refractivity contribution in [2.75, 3.05) is 0 Å². The Hall–Kier alpha value is -6.84. The van der Waals surface area contributed by atoms with Gasteiger partial charge in [0.1, 0.15) is 5.58 Å². The van der Waals surface area contributed by atoms with Crippen LogP contribution in [0.5, 0.6) is 0 Å². The Morgan fingerprint density at radius 1 is 0.314 bits per heavy atom. The van der Waals surface area contributed by atoms with Gasteiger partial charge < -0.3 is 13.6 Å². The second-order valence-corrected chi connectivity index (χ2v) is 13.3. The molecule has 0 saturated heterocycles. The third kappa shape index (κ3) is 4.19. The van der Waals surface area contributed by atoms with Crippen LogP contribution in [-0.2, 0) is 0 Å². The normalized spacial score (nSPS) is 11.9. The molecule has 3 heteroatoms. The summed E-state index contributed by atoms with van der Waals surface area (Å²) in [6, 6.07) is 65.5. The first-order valence-electron chi connectivity index (χ1n) is 17.4. The Labute approximate surface area is 293 Å². The van der Waals surface area contributed by atoms with Gasteiger partial charge >= 0.3 is 0 Å². The van der Waals surface area contributed by atoms with Crippen LogP contribution in [0.3, 0.4) is 0 Å². The van der Waals surface area contributed by atoms with Crippen molar-refractivity contribution in [3.8, 4) is 33.6 Å². The highest BCUT2D eigenvalue weighted by Gasteiger charge is 2.19. The number of aromatic nitrogens is 2. The minimum Gasteiger partial charge on any atom is -0.454 e. The summed E-state index contributed by atoms with van der Waals surface area (Å²) in [4.78, 5) is 0. The minimum atomic E-state index is 0.904. The Kier molecular flexibility index (Phi) is 5.96. The monoisotopic (exact) mass is 650 g/mol. The molecule has 11 aromatic rings. The number of hydrogen-bond donors (Lipinski definition) is 0.